The molecule has 0 aromatic heterocycles. The smallest absolute Gasteiger partial charge is 0.136 e. The lowest BCUT2D eigenvalue weighted by Gasteiger charge is -2.24. The lowest BCUT2D eigenvalue weighted by atomic mass is 10.1. The van der Waals surface area contributed by atoms with Gasteiger partial charge in [-0.3, -0.25) is 0 Å². The van der Waals surface area contributed by atoms with E-state index in [1.54, 1.807) is 13.2 Å². The zero-order valence-electron chi connectivity index (χ0n) is 12.0. The molecule has 0 spiro atoms. The fraction of sp³-hybridized carbons (Fsp3) is 0.235. The van der Waals surface area contributed by atoms with E-state index in [1.165, 1.54) is 0 Å². The Morgan fingerprint density at radius 2 is 1.95 bits per heavy atom. The predicted molar refractivity (Wildman–Crippen MR) is 82.3 cm³/mol. The maximum Gasteiger partial charge on any atom is 0.136 e. The molecule has 4 nitrogen and oxygen atoms in total. The minimum absolute atomic E-state index is 0.0795. The molecule has 4 heteroatoms. The molecule has 0 saturated heterocycles. The van der Waals surface area contributed by atoms with E-state index >= 15 is 0 Å². The summed E-state index contributed by atoms with van der Waals surface area (Å²) in [7, 11) is 1.55. The predicted octanol–water partition coefficient (Wildman–Crippen LogP) is 2.57. The number of para-hydroxylation sites is 1. The van der Waals surface area contributed by atoms with Crippen LogP contribution in [0.1, 0.15) is 11.1 Å². The van der Waals surface area contributed by atoms with E-state index in [4.69, 9.17) is 10.00 Å². The lowest BCUT2D eigenvalue weighted by Crippen LogP contribution is -2.26. The number of methoxy groups -OCH3 is 1. The first-order chi connectivity index (χ1) is 10.3. The number of rotatable bonds is 6. The molecular weight excluding hydrogens is 264 g/mol. The van der Waals surface area contributed by atoms with Gasteiger partial charge in [0.25, 0.3) is 0 Å². The molecule has 108 valence electrons. The van der Waals surface area contributed by atoms with Crippen LogP contribution in [0.15, 0.2) is 48.5 Å². The van der Waals surface area contributed by atoms with Crippen molar-refractivity contribution >= 4 is 5.69 Å². The van der Waals surface area contributed by atoms with Gasteiger partial charge in [0, 0.05) is 18.8 Å². The van der Waals surface area contributed by atoms with Crippen molar-refractivity contribution in [3.63, 3.8) is 0 Å². The summed E-state index contributed by atoms with van der Waals surface area (Å²) in [5.41, 5.74) is 2.57. The van der Waals surface area contributed by atoms with E-state index in [-0.39, 0.29) is 6.61 Å². The van der Waals surface area contributed by atoms with Crippen molar-refractivity contribution in [2.24, 2.45) is 0 Å². The second-order valence-electron chi connectivity index (χ2n) is 4.63. The number of ether oxygens (including phenoxy) is 1. The van der Waals surface area contributed by atoms with Crippen molar-refractivity contribution in [1.29, 1.82) is 5.26 Å². The van der Waals surface area contributed by atoms with E-state index in [0.717, 1.165) is 11.3 Å². The monoisotopic (exact) mass is 282 g/mol. The van der Waals surface area contributed by atoms with E-state index < -0.39 is 0 Å². The van der Waals surface area contributed by atoms with Crippen LogP contribution in [0.4, 0.5) is 5.69 Å². The fourth-order valence-corrected chi connectivity index (χ4v) is 2.22. The first-order valence-corrected chi connectivity index (χ1v) is 6.76. The molecule has 2 aromatic carbocycles. The number of nitrogens with zero attached hydrogens (tertiary/aromatic N) is 2. The molecule has 0 heterocycles. The highest BCUT2D eigenvalue weighted by atomic mass is 16.5. The molecule has 0 unspecified atom stereocenters. The largest absolute Gasteiger partial charge is 0.495 e. The topological polar surface area (TPSA) is 56.5 Å². The summed E-state index contributed by atoms with van der Waals surface area (Å²) in [5.74, 6) is 0.578. The average molecular weight is 282 g/mol. The molecule has 0 atom stereocenters. The number of aliphatic hydroxyl groups excluding tert-OH is 1. The molecule has 0 amide bonds. The molecule has 0 bridgehead atoms. The minimum atomic E-state index is 0.0795. The third-order valence-corrected chi connectivity index (χ3v) is 3.25. The Balaban J connectivity index is 2.23. The van der Waals surface area contributed by atoms with Gasteiger partial charge in [-0.05, 0) is 29.8 Å². The molecule has 0 aliphatic carbocycles. The standard InChI is InChI=1S/C17H18N2O2/c1-21-17-8-7-14(11-15(17)12-18)13-19(9-10-20)16-5-3-2-4-6-16/h2-8,11,20H,9-10,13H2,1H3. The van der Waals surface area contributed by atoms with Gasteiger partial charge in [-0.2, -0.15) is 5.26 Å². The second kappa shape index (κ2) is 7.32. The third-order valence-electron chi connectivity index (χ3n) is 3.25. The normalized spacial score (nSPS) is 9.95. The number of anilines is 1. The van der Waals surface area contributed by atoms with Crippen LogP contribution in [0, 0.1) is 11.3 Å². The van der Waals surface area contributed by atoms with E-state index in [1.807, 2.05) is 42.5 Å². The van der Waals surface area contributed by atoms with Gasteiger partial charge in [-0.1, -0.05) is 24.3 Å². The Labute approximate surface area is 124 Å². The Hall–Kier alpha value is -2.51. The second-order valence-corrected chi connectivity index (χ2v) is 4.63. The summed E-state index contributed by atoms with van der Waals surface area (Å²) < 4.78 is 5.15. The molecule has 2 aromatic rings. The maximum atomic E-state index is 9.24. The lowest BCUT2D eigenvalue weighted by molar-refractivity contribution is 0.301. The van der Waals surface area contributed by atoms with Gasteiger partial charge in [0.05, 0.1) is 19.3 Å². The molecule has 2 rings (SSSR count). The molecule has 1 N–H and O–H groups in total. The number of benzene rings is 2. The fourth-order valence-electron chi connectivity index (χ4n) is 2.22. The highest BCUT2D eigenvalue weighted by Crippen LogP contribution is 2.22. The van der Waals surface area contributed by atoms with Crippen LogP contribution >= 0.6 is 0 Å². The Kier molecular flexibility index (Phi) is 5.19. The first kappa shape index (κ1) is 14.9. The van der Waals surface area contributed by atoms with Gasteiger partial charge in [0.1, 0.15) is 11.8 Å². The van der Waals surface area contributed by atoms with Gasteiger partial charge in [0.15, 0.2) is 0 Å². The molecule has 21 heavy (non-hydrogen) atoms. The van der Waals surface area contributed by atoms with Gasteiger partial charge in [0.2, 0.25) is 0 Å². The van der Waals surface area contributed by atoms with Crippen LogP contribution in [0.2, 0.25) is 0 Å². The maximum absolute atomic E-state index is 9.24. The summed E-state index contributed by atoms with van der Waals surface area (Å²) in [6.07, 6.45) is 0. The average Bonchev–Trinajstić information content (AvgIpc) is 2.55. The summed E-state index contributed by atoms with van der Waals surface area (Å²) in [4.78, 5) is 2.07. The van der Waals surface area contributed by atoms with Crippen molar-refractivity contribution in [3.05, 3.63) is 59.7 Å². The van der Waals surface area contributed by atoms with E-state index in [0.29, 0.717) is 24.4 Å². The zero-order chi connectivity index (χ0) is 15.1. The number of hydrogen-bond acceptors (Lipinski definition) is 4. The van der Waals surface area contributed by atoms with E-state index in [2.05, 4.69) is 11.0 Å². The molecule has 0 saturated carbocycles. The van der Waals surface area contributed by atoms with Crippen LogP contribution in [0.3, 0.4) is 0 Å². The van der Waals surface area contributed by atoms with Gasteiger partial charge in [-0.25, -0.2) is 0 Å². The van der Waals surface area contributed by atoms with Crippen LogP contribution in [0.25, 0.3) is 0 Å². The summed E-state index contributed by atoms with van der Waals surface area (Å²) in [6.45, 7) is 1.25. The van der Waals surface area contributed by atoms with Gasteiger partial charge in [-0.15, -0.1) is 0 Å². The van der Waals surface area contributed by atoms with E-state index in [9.17, 15) is 5.11 Å². The number of hydrogen-bond donors (Lipinski definition) is 1. The van der Waals surface area contributed by atoms with Crippen molar-refractivity contribution in [2.75, 3.05) is 25.2 Å². The first-order valence-electron chi connectivity index (χ1n) is 6.76. The molecule has 0 aliphatic heterocycles. The summed E-state index contributed by atoms with van der Waals surface area (Å²) in [5, 5.41) is 18.4. The quantitative estimate of drug-likeness (QED) is 0.884. The number of nitriles is 1. The Morgan fingerprint density at radius 3 is 2.57 bits per heavy atom. The molecule has 0 fully saturated rings. The molecule has 0 radical (unpaired) electrons. The zero-order valence-corrected chi connectivity index (χ0v) is 12.0. The summed E-state index contributed by atoms with van der Waals surface area (Å²) in [6, 6.07) is 17.6. The molecular formula is C17H18N2O2. The van der Waals surface area contributed by atoms with Crippen molar-refractivity contribution in [2.45, 2.75) is 6.54 Å². The van der Waals surface area contributed by atoms with Crippen molar-refractivity contribution in [3.8, 4) is 11.8 Å². The highest BCUT2D eigenvalue weighted by Gasteiger charge is 2.09. The Morgan fingerprint density at radius 1 is 1.19 bits per heavy atom. The van der Waals surface area contributed by atoms with Crippen LogP contribution in [-0.2, 0) is 6.54 Å². The third kappa shape index (κ3) is 3.74. The van der Waals surface area contributed by atoms with Gasteiger partial charge < -0.3 is 14.7 Å². The van der Waals surface area contributed by atoms with Crippen LogP contribution < -0.4 is 9.64 Å². The SMILES string of the molecule is COc1ccc(CN(CCO)c2ccccc2)cc1C#N. The number of aliphatic hydroxyl groups is 1. The van der Waals surface area contributed by atoms with Gasteiger partial charge >= 0.3 is 0 Å². The van der Waals surface area contributed by atoms with Crippen molar-refractivity contribution in [1.82, 2.24) is 0 Å². The van der Waals surface area contributed by atoms with Crippen LogP contribution in [0.5, 0.6) is 5.75 Å². The Bertz CT molecular complexity index is 620. The highest BCUT2D eigenvalue weighted by molar-refractivity contribution is 5.49. The van der Waals surface area contributed by atoms with Crippen LogP contribution in [-0.4, -0.2) is 25.4 Å². The van der Waals surface area contributed by atoms with Crippen molar-refractivity contribution < 1.29 is 9.84 Å². The minimum Gasteiger partial charge on any atom is -0.495 e. The summed E-state index contributed by atoms with van der Waals surface area (Å²) >= 11 is 0. The molecule has 0 aliphatic rings.